The summed E-state index contributed by atoms with van der Waals surface area (Å²) in [5, 5.41) is 3.45. The molecule has 1 amide bonds. The number of halogens is 1. The van der Waals surface area contributed by atoms with Gasteiger partial charge >= 0.3 is 6.09 Å². The minimum Gasteiger partial charge on any atom is -0.453 e. The molecule has 2 heterocycles. The van der Waals surface area contributed by atoms with Gasteiger partial charge in [0.25, 0.3) is 0 Å². The first-order chi connectivity index (χ1) is 11.5. The van der Waals surface area contributed by atoms with E-state index in [1.165, 1.54) is 7.11 Å². The summed E-state index contributed by atoms with van der Waals surface area (Å²) in [4.78, 5) is 22.9. The van der Waals surface area contributed by atoms with Crippen molar-refractivity contribution in [2.45, 2.75) is 45.8 Å². The van der Waals surface area contributed by atoms with Crippen LogP contribution in [-0.4, -0.2) is 59.9 Å². The fourth-order valence-electron chi connectivity index (χ4n) is 2.82. The van der Waals surface area contributed by atoms with Crippen molar-refractivity contribution in [2.75, 3.05) is 32.1 Å². The van der Waals surface area contributed by atoms with Gasteiger partial charge in [-0.25, -0.2) is 14.8 Å². The quantitative estimate of drug-likeness (QED) is 0.675. The van der Waals surface area contributed by atoms with Crippen molar-refractivity contribution >= 4 is 34.5 Å². The van der Waals surface area contributed by atoms with Gasteiger partial charge in [-0.15, -0.1) is 0 Å². The van der Waals surface area contributed by atoms with E-state index in [0.29, 0.717) is 19.7 Å². The molecule has 0 aliphatic carbocycles. The van der Waals surface area contributed by atoms with Crippen molar-refractivity contribution in [3.63, 3.8) is 0 Å². The van der Waals surface area contributed by atoms with Gasteiger partial charge in [-0.2, -0.15) is 0 Å². The molecule has 0 radical (unpaired) electrons. The average Bonchev–Trinajstić information content (AvgIpc) is 2.98. The number of ether oxygens (including phenoxy) is 2. The molecule has 1 aromatic heterocycles. The molecule has 0 bridgehead atoms. The maximum Gasteiger partial charge on any atom is 0.409 e. The lowest BCUT2D eigenvalue weighted by Gasteiger charge is -2.21. The molecule has 2 rings (SSSR count). The van der Waals surface area contributed by atoms with Gasteiger partial charge < -0.3 is 19.7 Å². The van der Waals surface area contributed by atoms with Gasteiger partial charge in [0.2, 0.25) is 0 Å². The molecular formula is C16H25IN4O3. The minimum atomic E-state index is -0.331. The Kier molecular flexibility index (Phi) is 7.02. The molecule has 1 fully saturated rings. The lowest BCUT2D eigenvalue weighted by Crippen LogP contribution is -2.35. The molecule has 1 aromatic rings. The highest BCUT2D eigenvalue weighted by molar-refractivity contribution is 14.1. The number of rotatable bonds is 6. The number of carbonyl (C=O) groups excluding carboxylic acids is 1. The van der Waals surface area contributed by atoms with Crippen LogP contribution in [0.4, 0.5) is 10.6 Å². The number of hydrogen-bond donors (Lipinski definition) is 1. The Hall–Kier alpha value is -1.16. The first-order valence-electron chi connectivity index (χ1n) is 8.30. The number of methoxy groups -OCH3 is 1. The van der Waals surface area contributed by atoms with E-state index in [1.54, 1.807) is 4.90 Å². The fraction of sp³-hybridized carbons (Fsp3) is 0.688. The van der Waals surface area contributed by atoms with Gasteiger partial charge in [0.05, 0.1) is 37.2 Å². The van der Waals surface area contributed by atoms with Crippen LogP contribution in [0.2, 0.25) is 0 Å². The smallest absolute Gasteiger partial charge is 0.409 e. The molecule has 0 aromatic carbocycles. The van der Waals surface area contributed by atoms with E-state index in [1.807, 2.05) is 6.92 Å². The number of anilines is 1. The Labute approximate surface area is 156 Å². The zero-order chi connectivity index (χ0) is 17.7. The van der Waals surface area contributed by atoms with Gasteiger partial charge in [0, 0.05) is 13.2 Å². The number of nitrogens with zero attached hydrogens (tertiary/aromatic N) is 3. The summed E-state index contributed by atoms with van der Waals surface area (Å²) in [6, 6.07) is -0.0339. The fourth-order valence-corrected chi connectivity index (χ4v) is 3.61. The second-order valence-electron chi connectivity index (χ2n) is 5.58. The van der Waals surface area contributed by atoms with E-state index < -0.39 is 0 Å². The number of hydrogen-bond acceptors (Lipinski definition) is 6. The first-order valence-corrected chi connectivity index (χ1v) is 9.38. The summed E-state index contributed by atoms with van der Waals surface area (Å²) in [5.41, 5.74) is 1.91. The molecule has 2 unspecified atom stereocenters. The van der Waals surface area contributed by atoms with E-state index in [2.05, 4.69) is 46.7 Å². The third kappa shape index (κ3) is 4.27. The Morgan fingerprint density at radius 2 is 1.96 bits per heavy atom. The van der Waals surface area contributed by atoms with Crippen LogP contribution in [0.25, 0.3) is 0 Å². The molecule has 0 saturated carbocycles. The van der Waals surface area contributed by atoms with Crippen molar-refractivity contribution in [1.82, 2.24) is 14.9 Å². The maximum atomic E-state index is 11.8. The molecule has 24 heavy (non-hydrogen) atoms. The van der Waals surface area contributed by atoms with Gasteiger partial charge in [0.15, 0.2) is 0 Å². The Bertz CT molecular complexity index is 585. The number of amides is 1. The first kappa shape index (κ1) is 19.2. The van der Waals surface area contributed by atoms with Crippen LogP contribution in [0.3, 0.4) is 0 Å². The van der Waals surface area contributed by atoms with Crippen LogP contribution in [0, 0.1) is 3.70 Å². The second kappa shape index (κ2) is 8.80. The third-order valence-electron chi connectivity index (χ3n) is 4.06. The molecule has 0 spiro atoms. The molecule has 7 nitrogen and oxygen atoms in total. The molecule has 1 aliphatic rings. The van der Waals surface area contributed by atoms with Crippen molar-refractivity contribution in [1.29, 1.82) is 0 Å². The summed E-state index contributed by atoms with van der Waals surface area (Å²) in [7, 11) is 1.39. The topological polar surface area (TPSA) is 76.6 Å². The highest BCUT2D eigenvalue weighted by Crippen LogP contribution is 2.22. The molecule has 134 valence electrons. The summed E-state index contributed by atoms with van der Waals surface area (Å²) >= 11 is 2.23. The normalized spacial score (nSPS) is 20.3. The van der Waals surface area contributed by atoms with Crippen molar-refractivity contribution in [2.24, 2.45) is 0 Å². The van der Waals surface area contributed by atoms with E-state index in [4.69, 9.17) is 14.5 Å². The van der Waals surface area contributed by atoms with Crippen LogP contribution in [0.1, 0.15) is 32.2 Å². The molecular weight excluding hydrogens is 423 g/mol. The van der Waals surface area contributed by atoms with Crippen molar-refractivity contribution < 1.29 is 14.3 Å². The SMILES string of the molecule is CCOC1CN(C(=O)OC)CC1Nc1nc(CC)c(I)nc1CC. The van der Waals surface area contributed by atoms with E-state index >= 15 is 0 Å². The molecule has 1 N–H and O–H groups in total. The maximum absolute atomic E-state index is 11.8. The predicted octanol–water partition coefficient (Wildman–Crippen LogP) is 2.47. The van der Waals surface area contributed by atoms with Crippen molar-refractivity contribution in [3.8, 4) is 0 Å². The van der Waals surface area contributed by atoms with Gasteiger partial charge in [-0.1, -0.05) is 13.8 Å². The molecule has 8 heteroatoms. The lowest BCUT2D eigenvalue weighted by molar-refractivity contribution is 0.0613. The monoisotopic (exact) mass is 448 g/mol. The van der Waals surface area contributed by atoms with Gasteiger partial charge in [-0.3, -0.25) is 0 Å². The molecule has 1 aliphatic heterocycles. The zero-order valence-electron chi connectivity index (χ0n) is 14.6. The van der Waals surface area contributed by atoms with Crippen LogP contribution < -0.4 is 5.32 Å². The van der Waals surface area contributed by atoms with E-state index in [0.717, 1.165) is 33.7 Å². The number of aryl methyl sites for hydroxylation is 2. The summed E-state index contributed by atoms with van der Waals surface area (Å²) < 4.78 is 11.6. The average molecular weight is 448 g/mol. The largest absolute Gasteiger partial charge is 0.453 e. The van der Waals surface area contributed by atoms with Crippen LogP contribution in [0.15, 0.2) is 0 Å². The standard InChI is InChI=1S/C16H25IN4O3/c1-5-10-14(17)18-11(6-2)15(19-10)20-12-8-21(16(22)23-4)9-13(12)24-7-3/h12-13H,5-9H2,1-4H3,(H,19,20). The predicted molar refractivity (Wildman–Crippen MR) is 100 cm³/mol. The van der Waals surface area contributed by atoms with Crippen molar-refractivity contribution in [3.05, 3.63) is 15.1 Å². The Balaban J connectivity index is 2.22. The number of likely N-dealkylation sites (tertiary alicyclic amines) is 1. The summed E-state index contributed by atoms with van der Waals surface area (Å²) in [6.07, 6.45) is 1.20. The molecule has 1 saturated heterocycles. The van der Waals surface area contributed by atoms with Gasteiger partial charge in [-0.05, 0) is 42.4 Å². The van der Waals surface area contributed by atoms with Crippen LogP contribution in [0.5, 0.6) is 0 Å². The van der Waals surface area contributed by atoms with Crippen LogP contribution in [-0.2, 0) is 22.3 Å². The summed E-state index contributed by atoms with van der Waals surface area (Å²) in [5.74, 6) is 0.788. The van der Waals surface area contributed by atoms with E-state index in [-0.39, 0.29) is 18.2 Å². The Morgan fingerprint density at radius 1 is 1.25 bits per heavy atom. The zero-order valence-corrected chi connectivity index (χ0v) is 16.8. The highest BCUT2D eigenvalue weighted by atomic mass is 127. The lowest BCUT2D eigenvalue weighted by atomic mass is 10.2. The number of carbonyl (C=O) groups is 1. The number of aromatic nitrogens is 2. The Morgan fingerprint density at radius 3 is 2.54 bits per heavy atom. The third-order valence-corrected chi connectivity index (χ3v) is 4.93. The summed E-state index contributed by atoms with van der Waals surface area (Å²) in [6.45, 7) is 7.71. The van der Waals surface area contributed by atoms with E-state index in [9.17, 15) is 4.79 Å². The second-order valence-corrected chi connectivity index (χ2v) is 6.60. The highest BCUT2D eigenvalue weighted by Gasteiger charge is 2.37. The molecule has 2 atom stereocenters. The minimum absolute atomic E-state index is 0.0339. The van der Waals surface area contributed by atoms with Gasteiger partial charge in [0.1, 0.15) is 9.52 Å². The number of nitrogens with one attached hydrogen (secondary N) is 1. The van der Waals surface area contributed by atoms with Crippen LogP contribution >= 0.6 is 22.6 Å².